The highest BCUT2D eigenvalue weighted by Gasteiger charge is 2.44. The van der Waals surface area contributed by atoms with E-state index in [1.165, 1.54) is 11.3 Å². The average molecular weight is 483 g/mol. The molecule has 1 atom stereocenters. The standard InChI is InChI=1S/C28H22N2O4S/c1-29-16-18(19-8-3-4-9-20(19)29)12-13-30-25(23-11-6-14-35-23)24(27(32)28(30)33)26(31)22-15-17-7-2-5-10-21(17)34-22/h2-11,14-16,25,32H,12-13H2,1H3. The third kappa shape index (κ3) is 3.47. The fourth-order valence-corrected chi connectivity index (χ4v) is 5.80. The molecule has 35 heavy (non-hydrogen) atoms. The first-order valence-corrected chi connectivity index (χ1v) is 12.2. The number of Topliss-reactive ketones (excluding diaryl/α,β-unsaturated/α-hetero) is 1. The van der Waals surface area contributed by atoms with Gasteiger partial charge in [-0.1, -0.05) is 42.5 Å². The summed E-state index contributed by atoms with van der Waals surface area (Å²) in [6.07, 6.45) is 2.66. The number of aliphatic hydroxyl groups excluding tert-OH is 1. The Kier molecular flexibility index (Phi) is 5.07. The Bertz CT molecular complexity index is 1590. The van der Waals surface area contributed by atoms with Crippen molar-refractivity contribution >= 4 is 44.9 Å². The van der Waals surface area contributed by atoms with Crippen LogP contribution in [-0.2, 0) is 18.3 Å². The predicted molar refractivity (Wildman–Crippen MR) is 136 cm³/mol. The molecule has 3 aromatic heterocycles. The van der Waals surface area contributed by atoms with E-state index in [0.29, 0.717) is 18.5 Å². The lowest BCUT2D eigenvalue weighted by atomic mass is 10.00. The van der Waals surface area contributed by atoms with Crippen molar-refractivity contribution in [3.63, 3.8) is 0 Å². The number of aryl methyl sites for hydroxylation is 1. The lowest BCUT2D eigenvalue weighted by molar-refractivity contribution is -0.129. The summed E-state index contributed by atoms with van der Waals surface area (Å²) in [4.78, 5) is 29.3. The van der Waals surface area contributed by atoms with E-state index in [1.807, 2.05) is 54.9 Å². The van der Waals surface area contributed by atoms with Gasteiger partial charge in [0, 0.05) is 41.0 Å². The molecule has 0 spiro atoms. The second-order valence-corrected chi connectivity index (χ2v) is 9.67. The van der Waals surface area contributed by atoms with Crippen LogP contribution in [0.1, 0.15) is 27.0 Å². The minimum absolute atomic E-state index is 0.0643. The molecule has 7 heteroatoms. The quantitative estimate of drug-likeness (QED) is 0.310. The fraction of sp³-hybridized carbons (Fsp3) is 0.143. The van der Waals surface area contributed by atoms with E-state index in [1.54, 1.807) is 17.0 Å². The van der Waals surface area contributed by atoms with Gasteiger partial charge in [-0.05, 0) is 41.6 Å². The minimum atomic E-state index is -0.668. The van der Waals surface area contributed by atoms with Gasteiger partial charge >= 0.3 is 0 Å². The number of amides is 1. The molecule has 0 saturated heterocycles. The van der Waals surface area contributed by atoms with Crippen molar-refractivity contribution in [1.29, 1.82) is 0 Å². The monoisotopic (exact) mass is 482 g/mol. The summed E-state index contributed by atoms with van der Waals surface area (Å²) < 4.78 is 7.85. The van der Waals surface area contributed by atoms with Gasteiger partial charge in [-0.15, -0.1) is 11.3 Å². The number of carbonyl (C=O) groups excluding carboxylic acids is 2. The van der Waals surface area contributed by atoms with E-state index in [-0.39, 0.29) is 11.3 Å². The number of furan rings is 1. The Hall–Kier alpha value is -4.10. The van der Waals surface area contributed by atoms with Gasteiger partial charge in [-0.3, -0.25) is 9.59 Å². The fourth-order valence-electron chi connectivity index (χ4n) is 4.95. The number of benzene rings is 2. The third-order valence-corrected chi connectivity index (χ3v) is 7.54. The van der Waals surface area contributed by atoms with E-state index in [9.17, 15) is 14.7 Å². The van der Waals surface area contributed by atoms with Crippen molar-refractivity contribution in [2.45, 2.75) is 12.5 Å². The van der Waals surface area contributed by atoms with Crippen molar-refractivity contribution in [1.82, 2.24) is 9.47 Å². The van der Waals surface area contributed by atoms with E-state index in [2.05, 4.69) is 22.9 Å². The zero-order valence-corrected chi connectivity index (χ0v) is 19.8. The Morgan fingerprint density at radius 2 is 1.89 bits per heavy atom. The summed E-state index contributed by atoms with van der Waals surface area (Å²) in [5.41, 5.74) is 2.87. The average Bonchev–Trinajstić information content (AvgIpc) is 3.65. The maximum absolute atomic E-state index is 13.6. The predicted octanol–water partition coefficient (Wildman–Crippen LogP) is 5.81. The zero-order chi connectivity index (χ0) is 24.1. The number of ketones is 1. The van der Waals surface area contributed by atoms with E-state index in [0.717, 1.165) is 26.7 Å². The lowest BCUT2D eigenvalue weighted by Gasteiger charge is -2.25. The van der Waals surface area contributed by atoms with Crippen molar-refractivity contribution < 1.29 is 19.1 Å². The highest BCUT2D eigenvalue weighted by Crippen LogP contribution is 2.41. The van der Waals surface area contributed by atoms with Crippen molar-refractivity contribution in [2.75, 3.05) is 6.54 Å². The molecular weight excluding hydrogens is 460 g/mol. The highest BCUT2D eigenvalue weighted by molar-refractivity contribution is 7.10. The van der Waals surface area contributed by atoms with Crippen LogP contribution in [0.15, 0.2) is 94.1 Å². The maximum Gasteiger partial charge on any atom is 0.290 e. The van der Waals surface area contributed by atoms with Crippen molar-refractivity contribution in [3.8, 4) is 0 Å². The number of rotatable bonds is 6. The Labute approximate surface area is 205 Å². The molecule has 0 fully saturated rings. The molecule has 0 bridgehead atoms. The minimum Gasteiger partial charge on any atom is -0.503 e. The molecule has 1 aliphatic heterocycles. The number of hydrogen-bond acceptors (Lipinski definition) is 5. The smallest absolute Gasteiger partial charge is 0.290 e. The molecule has 0 aliphatic carbocycles. The molecule has 6 nitrogen and oxygen atoms in total. The largest absolute Gasteiger partial charge is 0.503 e. The molecule has 0 saturated carbocycles. The summed E-state index contributed by atoms with van der Waals surface area (Å²) in [6, 6.07) is 20.2. The molecule has 1 unspecified atom stereocenters. The molecule has 1 amide bonds. The number of aromatic nitrogens is 1. The van der Waals surface area contributed by atoms with Crippen LogP contribution in [0.25, 0.3) is 21.9 Å². The van der Waals surface area contributed by atoms with Gasteiger partial charge in [0.2, 0.25) is 5.78 Å². The van der Waals surface area contributed by atoms with E-state index >= 15 is 0 Å². The first kappa shape index (κ1) is 21.4. The summed E-state index contributed by atoms with van der Waals surface area (Å²) in [5.74, 6) is -1.41. The topological polar surface area (TPSA) is 75.7 Å². The van der Waals surface area contributed by atoms with Gasteiger partial charge in [0.15, 0.2) is 11.5 Å². The van der Waals surface area contributed by atoms with Crippen molar-refractivity contribution in [2.24, 2.45) is 7.05 Å². The maximum atomic E-state index is 13.6. The van der Waals surface area contributed by atoms with Crippen LogP contribution < -0.4 is 0 Å². The first-order valence-electron chi connectivity index (χ1n) is 11.4. The molecule has 2 aromatic carbocycles. The van der Waals surface area contributed by atoms with Crippen LogP contribution in [0.5, 0.6) is 0 Å². The Morgan fingerprint density at radius 3 is 2.69 bits per heavy atom. The highest BCUT2D eigenvalue weighted by atomic mass is 32.1. The molecular formula is C28H22N2O4S. The summed E-state index contributed by atoms with van der Waals surface area (Å²) >= 11 is 1.45. The number of para-hydroxylation sites is 2. The van der Waals surface area contributed by atoms with Crippen LogP contribution in [0.4, 0.5) is 0 Å². The number of aliphatic hydroxyl groups is 1. The second-order valence-electron chi connectivity index (χ2n) is 8.69. The van der Waals surface area contributed by atoms with Gasteiger partial charge in [0.25, 0.3) is 5.91 Å². The van der Waals surface area contributed by atoms with Crippen LogP contribution in [-0.4, -0.2) is 32.8 Å². The van der Waals surface area contributed by atoms with Crippen LogP contribution in [0.3, 0.4) is 0 Å². The van der Waals surface area contributed by atoms with Crippen LogP contribution >= 0.6 is 11.3 Å². The Morgan fingerprint density at radius 1 is 1.09 bits per heavy atom. The third-order valence-electron chi connectivity index (χ3n) is 6.61. The summed E-state index contributed by atoms with van der Waals surface area (Å²) in [7, 11) is 2.00. The molecule has 1 N–H and O–H groups in total. The number of fused-ring (bicyclic) bond motifs is 2. The summed E-state index contributed by atoms with van der Waals surface area (Å²) in [6.45, 7) is 0.358. The number of hydrogen-bond donors (Lipinski definition) is 1. The summed E-state index contributed by atoms with van der Waals surface area (Å²) in [5, 5.41) is 14.7. The normalized spacial score (nSPS) is 16.2. The molecule has 174 valence electrons. The van der Waals surface area contributed by atoms with Gasteiger partial charge in [-0.2, -0.15) is 0 Å². The molecule has 1 aliphatic rings. The number of carbonyl (C=O) groups is 2. The SMILES string of the molecule is Cn1cc(CCN2C(=O)C(O)=C(C(=O)c3cc4ccccc4o3)C2c2cccs2)c2ccccc21. The van der Waals surface area contributed by atoms with Gasteiger partial charge in [0.1, 0.15) is 5.58 Å². The molecule has 6 rings (SSSR count). The van der Waals surface area contributed by atoms with E-state index < -0.39 is 23.5 Å². The lowest BCUT2D eigenvalue weighted by Crippen LogP contribution is -2.32. The second kappa shape index (κ2) is 8.29. The van der Waals surface area contributed by atoms with Crippen LogP contribution in [0, 0.1) is 0 Å². The van der Waals surface area contributed by atoms with Crippen molar-refractivity contribution in [3.05, 3.63) is 106 Å². The van der Waals surface area contributed by atoms with Gasteiger partial charge in [-0.25, -0.2) is 0 Å². The van der Waals surface area contributed by atoms with Gasteiger partial charge in [0.05, 0.1) is 11.6 Å². The number of thiophene rings is 1. The van der Waals surface area contributed by atoms with Crippen LogP contribution in [0.2, 0.25) is 0 Å². The molecule has 5 aromatic rings. The molecule has 0 radical (unpaired) electrons. The Balaban J connectivity index is 1.36. The van der Waals surface area contributed by atoms with E-state index in [4.69, 9.17) is 4.42 Å². The zero-order valence-electron chi connectivity index (χ0n) is 19.0. The van der Waals surface area contributed by atoms with Gasteiger partial charge < -0.3 is 19.0 Å². The number of nitrogens with zero attached hydrogens (tertiary/aromatic N) is 2. The molecule has 4 heterocycles. The first-order chi connectivity index (χ1) is 17.0.